The molecule has 1 amide bonds. The molecule has 8 nitrogen and oxygen atoms in total. The lowest BCUT2D eigenvalue weighted by atomic mass is 10.1. The molecule has 1 saturated heterocycles. The molecule has 0 radical (unpaired) electrons. The predicted molar refractivity (Wildman–Crippen MR) is 58.9 cm³/mol. The summed E-state index contributed by atoms with van der Waals surface area (Å²) in [5.74, 6) is -0.582. The van der Waals surface area contributed by atoms with Crippen molar-refractivity contribution in [1.29, 1.82) is 0 Å². The first-order valence-electron chi connectivity index (χ1n) is 4.82. The number of aromatic nitrogens is 4. The fourth-order valence-electron chi connectivity index (χ4n) is 1.75. The van der Waals surface area contributed by atoms with E-state index in [1.165, 1.54) is 9.70 Å². The number of aryl methyl sites for hydroxylation is 1. The molecule has 0 aromatic carbocycles. The van der Waals surface area contributed by atoms with Crippen molar-refractivity contribution in [2.24, 2.45) is 13.0 Å². The van der Waals surface area contributed by atoms with Gasteiger partial charge in [0.05, 0.1) is 12.8 Å². The largest absolute Gasteiger partial charge is 0.278 e. The Kier molecular flexibility index (Phi) is 3.04. The number of nitrogens with zero attached hydrogens (tertiary/aromatic N) is 5. The van der Waals surface area contributed by atoms with Gasteiger partial charge in [-0.25, -0.2) is 8.42 Å². The molecule has 1 aromatic rings. The van der Waals surface area contributed by atoms with Crippen LogP contribution in [0.1, 0.15) is 6.42 Å². The summed E-state index contributed by atoms with van der Waals surface area (Å²) in [6, 6.07) is 0. The van der Waals surface area contributed by atoms with Crippen LogP contribution >= 0.6 is 10.7 Å². The highest BCUT2D eigenvalue weighted by molar-refractivity contribution is 8.13. The van der Waals surface area contributed by atoms with Gasteiger partial charge in [0.1, 0.15) is 0 Å². The highest BCUT2D eigenvalue weighted by Crippen LogP contribution is 2.23. The van der Waals surface area contributed by atoms with Crippen molar-refractivity contribution in [3.8, 4) is 0 Å². The van der Waals surface area contributed by atoms with Gasteiger partial charge in [0, 0.05) is 29.6 Å². The Balaban J connectivity index is 2.10. The van der Waals surface area contributed by atoms with Crippen LogP contribution in [0, 0.1) is 5.92 Å². The van der Waals surface area contributed by atoms with Crippen molar-refractivity contribution in [1.82, 2.24) is 20.2 Å². The van der Waals surface area contributed by atoms with E-state index in [1.54, 1.807) is 7.05 Å². The maximum absolute atomic E-state index is 11.7. The van der Waals surface area contributed by atoms with E-state index in [-0.39, 0.29) is 36.5 Å². The normalized spacial score (nSPS) is 21.2. The highest BCUT2D eigenvalue weighted by atomic mass is 35.7. The Morgan fingerprint density at radius 3 is 2.76 bits per heavy atom. The third kappa shape index (κ3) is 2.91. The molecule has 1 aliphatic heterocycles. The third-order valence-corrected chi connectivity index (χ3v) is 3.63. The molecular weight excluding hydrogens is 270 g/mol. The van der Waals surface area contributed by atoms with E-state index in [9.17, 15) is 13.2 Å². The molecule has 2 rings (SSSR count). The summed E-state index contributed by atoms with van der Waals surface area (Å²) in [6.07, 6.45) is 0.129. The third-order valence-electron chi connectivity index (χ3n) is 2.38. The van der Waals surface area contributed by atoms with Gasteiger partial charge in [-0.1, -0.05) is 5.10 Å². The highest BCUT2D eigenvalue weighted by Gasteiger charge is 2.35. The number of rotatable bonds is 3. The van der Waals surface area contributed by atoms with Crippen LogP contribution in [-0.4, -0.2) is 46.8 Å². The molecule has 0 aliphatic carbocycles. The average molecular weight is 280 g/mol. The Hall–Kier alpha value is -1.22. The van der Waals surface area contributed by atoms with Gasteiger partial charge in [0.2, 0.25) is 15.0 Å². The van der Waals surface area contributed by atoms with Crippen LogP contribution in [0.4, 0.5) is 5.95 Å². The molecular formula is C7H10ClN5O3S. The molecule has 2 heterocycles. The topological polar surface area (TPSA) is 98.0 Å². The fourth-order valence-corrected chi connectivity index (χ4v) is 3.07. The van der Waals surface area contributed by atoms with E-state index >= 15 is 0 Å². The van der Waals surface area contributed by atoms with Gasteiger partial charge in [0.15, 0.2) is 0 Å². The Bertz CT molecular complexity index is 541. The number of amides is 1. The van der Waals surface area contributed by atoms with Gasteiger partial charge >= 0.3 is 0 Å². The number of anilines is 1. The molecule has 1 aliphatic rings. The Morgan fingerprint density at radius 1 is 1.53 bits per heavy atom. The van der Waals surface area contributed by atoms with E-state index in [2.05, 4.69) is 15.4 Å². The van der Waals surface area contributed by atoms with E-state index in [4.69, 9.17) is 10.7 Å². The molecule has 0 saturated carbocycles. The zero-order valence-electron chi connectivity index (χ0n) is 8.95. The molecule has 0 bridgehead atoms. The summed E-state index contributed by atoms with van der Waals surface area (Å²) >= 11 is 0. The Morgan fingerprint density at radius 2 is 2.24 bits per heavy atom. The monoisotopic (exact) mass is 279 g/mol. The zero-order valence-corrected chi connectivity index (χ0v) is 10.5. The first-order valence-corrected chi connectivity index (χ1v) is 7.30. The van der Waals surface area contributed by atoms with Crippen molar-refractivity contribution in [2.45, 2.75) is 6.42 Å². The van der Waals surface area contributed by atoms with Crippen LogP contribution in [0.2, 0.25) is 0 Å². The molecule has 1 fully saturated rings. The second kappa shape index (κ2) is 4.22. The van der Waals surface area contributed by atoms with Crippen LogP contribution in [0.25, 0.3) is 0 Å². The van der Waals surface area contributed by atoms with Crippen LogP contribution in [-0.2, 0) is 20.9 Å². The van der Waals surface area contributed by atoms with Gasteiger partial charge < -0.3 is 0 Å². The molecule has 1 aromatic heterocycles. The lowest BCUT2D eigenvalue weighted by Gasteiger charge is -2.10. The van der Waals surface area contributed by atoms with Crippen molar-refractivity contribution >= 4 is 31.6 Å². The average Bonchev–Trinajstić information content (AvgIpc) is 2.70. The van der Waals surface area contributed by atoms with Gasteiger partial charge in [-0.2, -0.15) is 4.80 Å². The van der Waals surface area contributed by atoms with Crippen molar-refractivity contribution in [3.05, 3.63) is 0 Å². The molecule has 0 spiro atoms. The number of hydrogen-bond acceptors (Lipinski definition) is 6. The molecule has 17 heavy (non-hydrogen) atoms. The van der Waals surface area contributed by atoms with E-state index in [0.29, 0.717) is 0 Å². The second-order valence-electron chi connectivity index (χ2n) is 3.86. The number of halogens is 1. The van der Waals surface area contributed by atoms with E-state index < -0.39 is 9.05 Å². The van der Waals surface area contributed by atoms with Gasteiger partial charge in [-0.15, -0.1) is 5.10 Å². The number of carbonyl (C=O) groups is 1. The standard InChI is InChI=1S/C7H10ClN5O3S/c1-12-10-7(9-11-12)13-3-5(2-6(13)14)4-17(8,15)16/h5H,2-4H2,1H3. The predicted octanol–water partition coefficient (Wildman–Crippen LogP) is -0.868. The van der Waals surface area contributed by atoms with Crippen LogP contribution in [0.5, 0.6) is 0 Å². The summed E-state index contributed by atoms with van der Waals surface area (Å²) < 4.78 is 21.9. The van der Waals surface area contributed by atoms with Crippen LogP contribution in [0.15, 0.2) is 0 Å². The first kappa shape index (κ1) is 12.2. The van der Waals surface area contributed by atoms with Gasteiger partial charge in [0.25, 0.3) is 5.95 Å². The number of tetrazole rings is 1. The van der Waals surface area contributed by atoms with Gasteiger partial charge in [-0.3, -0.25) is 9.69 Å². The lowest BCUT2D eigenvalue weighted by Crippen LogP contribution is -2.26. The zero-order chi connectivity index (χ0) is 12.6. The first-order chi connectivity index (χ1) is 7.85. The Labute approximate surface area is 102 Å². The molecule has 1 atom stereocenters. The van der Waals surface area contributed by atoms with Crippen molar-refractivity contribution < 1.29 is 13.2 Å². The SMILES string of the molecule is Cn1nnc(N2CC(CS(=O)(=O)Cl)CC2=O)n1. The van der Waals surface area contributed by atoms with Crippen molar-refractivity contribution in [3.63, 3.8) is 0 Å². The maximum Gasteiger partial charge on any atom is 0.272 e. The van der Waals surface area contributed by atoms with Crippen LogP contribution in [0.3, 0.4) is 0 Å². The van der Waals surface area contributed by atoms with Gasteiger partial charge in [-0.05, 0) is 5.21 Å². The van der Waals surface area contributed by atoms with Crippen LogP contribution < -0.4 is 4.90 Å². The van der Waals surface area contributed by atoms with E-state index in [0.717, 1.165) is 0 Å². The lowest BCUT2D eigenvalue weighted by molar-refractivity contribution is -0.117. The molecule has 10 heteroatoms. The smallest absolute Gasteiger partial charge is 0.272 e. The van der Waals surface area contributed by atoms with Crippen molar-refractivity contribution in [2.75, 3.05) is 17.2 Å². The number of hydrogen-bond donors (Lipinski definition) is 0. The minimum atomic E-state index is -3.60. The molecule has 1 unspecified atom stereocenters. The second-order valence-corrected chi connectivity index (χ2v) is 6.68. The minimum Gasteiger partial charge on any atom is -0.278 e. The summed E-state index contributed by atoms with van der Waals surface area (Å²) in [5.41, 5.74) is 0. The minimum absolute atomic E-state index is 0.129. The van der Waals surface area contributed by atoms with E-state index in [1.807, 2.05) is 0 Å². The fraction of sp³-hybridized carbons (Fsp3) is 0.714. The number of carbonyl (C=O) groups excluding carboxylic acids is 1. The summed E-state index contributed by atoms with van der Waals surface area (Å²) in [4.78, 5) is 14.2. The summed E-state index contributed by atoms with van der Waals surface area (Å²) in [5, 5.41) is 11.2. The molecule has 0 N–H and O–H groups in total. The maximum atomic E-state index is 11.7. The summed E-state index contributed by atoms with van der Waals surface area (Å²) in [6.45, 7) is 0.247. The summed E-state index contributed by atoms with van der Waals surface area (Å²) in [7, 11) is 3.13. The molecule has 94 valence electrons. The quantitative estimate of drug-likeness (QED) is 0.667.